The van der Waals surface area contributed by atoms with Crippen molar-refractivity contribution in [3.8, 4) is 0 Å². The Morgan fingerprint density at radius 2 is 1.77 bits per heavy atom. The molecule has 0 bridgehead atoms. The van der Waals surface area contributed by atoms with Crippen molar-refractivity contribution in [2.75, 3.05) is 0 Å². The van der Waals surface area contributed by atoms with Gasteiger partial charge in [0.05, 0.1) is 6.10 Å². The minimum atomic E-state index is -0.699. The second-order valence-corrected chi connectivity index (χ2v) is 6.47. The van der Waals surface area contributed by atoms with Crippen LogP contribution < -0.4 is 0 Å². The number of esters is 1. The van der Waals surface area contributed by atoms with Crippen LogP contribution in [0.5, 0.6) is 0 Å². The molecule has 1 saturated heterocycles. The predicted molar refractivity (Wildman–Crippen MR) is 87.5 cm³/mol. The highest BCUT2D eigenvalue weighted by molar-refractivity contribution is 5.66. The summed E-state index contributed by atoms with van der Waals surface area (Å²) in [6.45, 7) is 3.68. The average molecular weight is 314 g/mol. The summed E-state index contributed by atoms with van der Waals surface area (Å²) in [6, 6.07) is 0. The molecule has 4 heteroatoms. The van der Waals surface area contributed by atoms with Crippen LogP contribution in [-0.4, -0.2) is 29.6 Å². The Morgan fingerprint density at radius 1 is 1.14 bits per heavy atom. The SMILES string of the molecule is CCCCCCCCCC[C@@H](OC(C)=O)[C@@H]1CCCC(O)O1. The number of ether oxygens (including phenoxy) is 2. The van der Waals surface area contributed by atoms with Crippen LogP contribution in [0.25, 0.3) is 0 Å². The second kappa shape index (κ2) is 11.9. The fraction of sp³-hybridized carbons (Fsp3) is 0.944. The van der Waals surface area contributed by atoms with Crippen LogP contribution in [0.1, 0.15) is 90.9 Å². The number of aliphatic hydroxyl groups excluding tert-OH is 1. The molecular weight excluding hydrogens is 280 g/mol. The maximum Gasteiger partial charge on any atom is 0.302 e. The third kappa shape index (κ3) is 8.74. The number of carbonyl (C=O) groups is 1. The lowest BCUT2D eigenvalue weighted by atomic mass is 9.98. The van der Waals surface area contributed by atoms with Crippen molar-refractivity contribution < 1.29 is 19.4 Å². The Balaban J connectivity index is 2.19. The monoisotopic (exact) mass is 314 g/mol. The summed E-state index contributed by atoms with van der Waals surface area (Å²) in [5.74, 6) is -0.256. The highest BCUT2D eigenvalue weighted by Gasteiger charge is 2.29. The van der Waals surface area contributed by atoms with Gasteiger partial charge in [-0.1, -0.05) is 51.9 Å². The van der Waals surface area contributed by atoms with Gasteiger partial charge in [0.15, 0.2) is 6.29 Å². The predicted octanol–water partition coefficient (Wildman–Crippen LogP) is 4.34. The Labute approximate surface area is 135 Å². The first-order valence-corrected chi connectivity index (χ1v) is 9.14. The van der Waals surface area contributed by atoms with Gasteiger partial charge in [-0.3, -0.25) is 4.79 Å². The summed E-state index contributed by atoms with van der Waals surface area (Å²) < 4.78 is 11.0. The first-order chi connectivity index (χ1) is 10.6. The van der Waals surface area contributed by atoms with E-state index in [1.807, 2.05) is 0 Å². The number of hydrogen-bond acceptors (Lipinski definition) is 4. The van der Waals surface area contributed by atoms with E-state index < -0.39 is 6.29 Å². The molecule has 130 valence electrons. The average Bonchev–Trinajstić information content (AvgIpc) is 2.48. The lowest BCUT2D eigenvalue weighted by molar-refractivity contribution is -0.201. The molecule has 1 heterocycles. The van der Waals surface area contributed by atoms with Gasteiger partial charge in [-0.05, 0) is 32.1 Å². The van der Waals surface area contributed by atoms with E-state index >= 15 is 0 Å². The normalized spacial score (nSPS) is 23.2. The van der Waals surface area contributed by atoms with Gasteiger partial charge in [-0.15, -0.1) is 0 Å². The molecule has 0 aromatic heterocycles. The number of hydrogen-bond donors (Lipinski definition) is 1. The highest BCUT2D eigenvalue weighted by atomic mass is 16.6. The lowest BCUT2D eigenvalue weighted by Gasteiger charge is -2.32. The van der Waals surface area contributed by atoms with Gasteiger partial charge in [0.25, 0.3) is 0 Å². The molecule has 22 heavy (non-hydrogen) atoms. The fourth-order valence-corrected chi connectivity index (χ4v) is 3.12. The molecule has 1 aliphatic heterocycles. The lowest BCUT2D eigenvalue weighted by Crippen LogP contribution is -2.39. The molecule has 0 aliphatic carbocycles. The quantitative estimate of drug-likeness (QED) is 0.455. The fourth-order valence-electron chi connectivity index (χ4n) is 3.12. The van der Waals surface area contributed by atoms with Crippen LogP contribution in [0.2, 0.25) is 0 Å². The van der Waals surface area contributed by atoms with E-state index in [-0.39, 0.29) is 18.2 Å². The van der Waals surface area contributed by atoms with E-state index in [2.05, 4.69) is 6.92 Å². The van der Waals surface area contributed by atoms with E-state index in [1.165, 1.54) is 51.9 Å². The van der Waals surface area contributed by atoms with Gasteiger partial charge in [0.1, 0.15) is 6.10 Å². The summed E-state index contributed by atoms with van der Waals surface area (Å²) in [6.07, 6.45) is 12.4. The molecule has 1 aliphatic rings. The zero-order valence-electron chi connectivity index (χ0n) is 14.4. The van der Waals surface area contributed by atoms with Crippen LogP contribution in [-0.2, 0) is 14.3 Å². The molecule has 0 aromatic carbocycles. The number of unbranched alkanes of at least 4 members (excludes halogenated alkanes) is 7. The molecule has 1 unspecified atom stereocenters. The third-order valence-electron chi connectivity index (χ3n) is 4.35. The smallest absolute Gasteiger partial charge is 0.302 e. The van der Waals surface area contributed by atoms with Gasteiger partial charge in [0, 0.05) is 6.92 Å². The molecule has 4 nitrogen and oxygen atoms in total. The van der Waals surface area contributed by atoms with E-state index in [9.17, 15) is 9.90 Å². The largest absolute Gasteiger partial charge is 0.460 e. The molecular formula is C18H34O4. The second-order valence-electron chi connectivity index (χ2n) is 6.47. The Bertz CT molecular complexity index is 293. The van der Waals surface area contributed by atoms with Crippen molar-refractivity contribution in [2.24, 2.45) is 0 Å². The van der Waals surface area contributed by atoms with Gasteiger partial charge in [0.2, 0.25) is 0 Å². The van der Waals surface area contributed by atoms with Crippen LogP contribution in [0, 0.1) is 0 Å². The first kappa shape index (κ1) is 19.4. The molecule has 3 atom stereocenters. The van der Waals surface area contributed by atoms with Crippen molar-refractivity contribution in [3.05, 3.63) is 0 Å². The van der Waals surface area contributed by atoms with Gasteiger partial charge >= 0.3 is 5.97 Å². The number of carbonyl (C=O) groups excluding carboxylic acids is 1. The summed E-state index contributed by atoms with van der Waals surface area (Å²) in [5.41, 5.74) is 0. The maximum atomic E-state index is 11.3. The van der Waals surface area contributed by atoms with Crippen LogP contribution in [0.4, 0.5) is 0 Å². The van der Waals surface area contributed by atoms with Crippen LogP contribution >= 0.6 is 0 Å². The van der Waals surface area contributed by atoms with Crippen molar-refractivity contribution in [1.29, 1.82) is 0 Å². The summed E-state index contributed by atoms with van der Waals surface area (Å²) in [4.78, 5) is 11.3. The molecule has 0 spiro atoms. The maximum absolute atomic E-state index is 11.3. The van der Waals surface area contributed by atoms with Crippen molar-refractivity contribution in [3.63, 3.8) is 0 Å². The molecule has 0 amide bonds. The molecule has 1 N–H and O–H groups in total. The Hall–Kier alpha value is -0.610. The van der Waals surface area contributed by atoms with Crippen molar-refractivity contribution in [1.82, 2.24) is 0 Å². The zero-order chi connectivity index (χ0) is 16.2. The summed E-state index contributed by atoms with van der Waals surface area (Å²) >= 11 is 0. The summed E-state index contributed by atoms with van der Waals surface area (Å²) in [5, 5.41) is 9.61. The van der Waals surface area contributed by atoms with Gasteiger partial charge in [-0.2, -0.15) is 0 Å². The molecule has 0 radical (unpaired) electrons. The van der Waals surface area contributed by atoms with Crippen LogP contribution in [0.15, 0.2) is 0 Å². The topological polar surface area (TPSA) is 55.8 Å². The van der Waals surface area contributed by atoms with E-state index in [0.717, 1.165) is 25.7 Å². The number of aliphatic hydroxyl groups is 1. The molecule has 0 saturated carbocycles. The minimum absolute atomic E-state index is 0.141. The first-order valence-electron chi connectivity index (χ1n) is 9.14. The Morgan fingerprint density at radius 3 is 2.36 bits per heavy atom. The number of rotatable bonds is 11. The van der Waals surface area contributed by atoms with Gasteiger partial charge in [-0.25, -0.2) is 0 Å². The standard InChI is InChI=1S/C18H34O4/c1-3-4-5-6-7-8-9-10-12-16(21-15(2)19)17-13-11-14-18(20)22-17/h16-18,20H,3-14H2,1-2H3/t16-,17+,18?/m1/s1. The highest BCUT2D eigenvalue weighted by Crippen LogP contribution is 2.25. The summed E-state index contributed by atoms with van der Waals surface area (Å²) in [7, 11) is 0. The third-order valence-corrected chi connectivity index (χ3v) is 4.35. The van der Waals surface area contributed by atoms with Crippen molar-refractivity contribution >= 4 is 5.97 Å². The van der Waals surface area contributed by atoms with Crippen LogP contribution in [0.3, 0.4) is 0 Å². The molecule has 0 aromatic rings. The van der Waals surface area contributed by atoms with Crippen molar-refractivity contribution in [2.45, 2.75) is 109 Å². The van der Waals surface area contributed by atoms with E-state index in [4.69, 9.17) is 9.47 Å². The van der Waals surface area contributed by atoms with E-state index in [0.29, 0.717) is 6.42 Å². The minimum Gasteiger partial charge on any atom is -0.460 e. The molecule has 1 rings (SSSR count). The zero-order valence-corrected chi connectivity index (χ0v) is 14.4. The molecule has 1 fully saturated rings. The van der Waals surface area contributed by atoms with E-state index in [1.54, 1.807) is 0 Å². The van der Waals surface area contributed by atoms with Gasteiger partial charge < -0.3 is 14.6 Å². The Kier molecular flexibility index (Phi) is 10.5.